The third-order valence-corrected chi connectivity index (χ3v) is 3.33. The number of nitrogens with one attached hydrogen (secondary N) is 1. The number of anilines is 1. The summed E-state index contributed by atoms with van der Waals surface area (Å²) in [5, 5.41) is 12.1. The van der Waals surface area contributed by atoms with Crippen LogP contribution >= 0.6 is 15.9 Å². The lowest BCUT2D eigenvalue weighted by Crippen LogP contribution is -2.43. The molecule has 0 spiro atoms. The molecule has 0 heterocycles. The SMILES string of the molecule is CCC(C)(Nc1cc(Br)ccc1C(N)=O)C(=O)O. The highest BCUT2D eigenvalue weighted by Gasteiger charge is 2.31. The van der Waals surface area contributed by atoms with Crippen LogP contribution in [0.5, 0.6) is 0 Å². The standard InChI is InChI=1S/C12H15BrN2O3/c1-3-12(2,11(17)18)15-9-6-7(13)4-5-8(9)10(14)16/h4-6,15H,3H2,1-2H3,(H2,14,16)(H,17,18). The summed E-state index contributed by atoms with van der Waals surface area (Å²) in [4.78, 5) is 22.5. The van der Waals surface area contributed by atoms with Gasteiger partial charge in [0.15, 0.2) is 0 Å². The number of hydrogen-bond acceptors (Lipinski definition) is 3. The fraction of sp³-hybridized carbons (Fsp3) is 0.333. The summed E-state index contributed by atoms with van der Waals surface area (Å²) < 4.78 is 0.735. The van der Waals surface area contributed by atoms with Crippen LogP contribution in [0.3, 0.4) is 0 Å². The number of carboxylic acids is 1. The van der Waals surface area contributed by atoms with Gasteiger partial charge in [-0.15, -0.1) is 0 Å². The van der Waals surface area contributed by atoms with Gasteiger partial charge >= 0.3 is 5.97 Å². The molecular weight excluding hydrogens is 300 g/mol. The van der Waals surface area contributed by atoms with Gasteiger partial charge in [0.25, 0.3) is 5.91 Å². The summed E-state index contributed by atoms with van der Waals surface area (Å²) in [5.41, 5.74) is 4.78. The molecule has 5 nitrogen and oxygen atoms in total. The van der Waals surface area contributed by atoms with Crippen molar-refractivity contribution in [1.82, 2.24) is 0 Å². The molecule has 0 fully saturated rings. The number of nitrogens with two attached hydrogens (primary N) is 1. The molecule has 4 N–H and O–H groups in total. The quantitative estimate of drug-likeness (QED) is 0.777. The normalized spacial score (nSPS) is 13.7. The Kier molecular flexibility index (Phi) is 4.34. The topological polar surface area (TPSA) is 92.4 Å². The van der Waals surface area contributed by atoms with E-state index in [-0.39, 0.29) is 5.56 Å². The molecule has 6 heteroatoms. The molecule has 1 amide bonds. The zero-order chi connectivity index (χ0) is 13.9. The van der Waals surface area contributed by atoms with Crippen LogP contribution in [0.2, 0.25) is 0 Å². The third kappa shape index (κ3) is 3.01. The minimum Gasteiger partial charge on any atom is -0.480 e. The number of rotatable bonds is 5. The van der Waals surface area contributed by atoms with Crippen LogP contribution in [0.4, 0.5) is 5.69 Å². The molecule has 0 aliphatic carbocycles. The second-order valence-electron chi connectivity index (χ2n) is 4.17. The number of amides is 1. The van der Waals surface area contributed by atoms with Crippen molar-refractivity contribution in [2.75, 3.05) is 5.32 Å². The van der Waals surface area contributed by atoms with E-state index in [1.165, 1.54) is 0 Å². The Hall–Kier alpha value is -1.56. The number of aliphatic carboxylic acids is 1. The number of primary amides is 1. The van der Waals surface area contributed by atoms with Crippen molar-refractivity contribution < 1.29 is 14.7 Å². The zero-order valence-electron chi connectivity index (χ0n) is 10.2. The Labute approximate surface area is 113 Å². The van der Waals surface area contributed by atoms with Crippen molar-refractivity contribution >= 4 is 33.5 Å². The Bertz CT molecular complexity index is 490. The zero-order valence-corrected chi connectivity index (χ0v) is 11.7. The minimum absolute atomic E-state index is 0.263. The van der Waals surface area contributed by atoms with Crippen LogP contribution in [0.25, 0.3) is 0 Å². The van der Waals surface area contributed by atoms with E-state index in [4.69, 9.17) is 5.73 Å². The van der Waals surface area contributed by atoms with Gasteiger partial charge in [-0.1, -0.05) is 22.9 Å². The number of carboxylic acid groups (broad SMARTS) is 1. The molecule has 1 rings (SSSR count). The lowest BCUT2D eigenvalue weighted by Gasteiger charge is -2.27. The van der Waals surface area contributed by atoms with E-state index >= 15 is 0 Å². The van der Waals surface area contributed by atoms with Gasteiger partial charge in [0.1, 0.15) is 5.54 Å². The molecule has 1 unspecified atom stereocenters. The van der Waals surface area contributed by atoms with Crippen LogP contribution in [0, 0.1) is 0 Å². The smallest absolute Gasteiger partial charge is 0.329 e. The van der Waals surface area contributed by atoms with Crippen LogP contribution in [0.15, 0.2) is 22.7 Å². The molecule has 0 bridgehead atoms. The van der Waals surface area contributed by atoms with Crippen molar-refractivity contribution in [2.45, 2.75) is 25.8 Å². The van der Waals surface area contributed by atoms with Gasteiger partial charge in [0.05, 0.1) is 5.56 Å². The molecular formula is C12H15BrN2O3. The molecule has 0 saturated carbocycles. The third-order valence-electron chi connectivity index (χ3n) is 2.84. The molecule has 1 aromatic rings. The molecule has 0 aromatic heterocycles. The predicted molar refractivity (Wildman–Crippen MR) is 72.6 cm³/mol. The van der Waals surface area contributed by atoms with Crippen molar-refractivity contribution in [3.05, 3.63) is 28.2 Å². The van der Waals surface area contributed by atoms with Crippen molar-refractivity contribution in [3.63, 3.8) is 0 Å². The minimum atomic E-state index is -1.15. The van der Waals surface area contributed by atoms with Gasteiger partial charge in [0.2, 0.25) is 0 Å². The molecule has 0 aliphatic rings. The Morgan fingerprint density at radius 2 is 2.11 bits per heavy atom. The summed E-state index contributed by atoms with van der Waals surface area (Å²) >= 11 is 3.27. The molecule has 1 atom stereocenters. The van der Waals surface area contributed by atoms with E-state index in [1.54, 1.807) is 32.0 Å². The fourth-order valence-corrected chi connectivity index (χ4v) is 1.79. The maximum absolute atomic E-state index is 11.3. The number of carbonyl (C=O) groups is 2. The van der Waals surface area contributed by atoms with Crippen molar-refractivity contribution in [3.8, 4) is 0 Å². The van der Waals surface area contributed by atoms with Crippen LogP contribution in [-0.2, 0) is 4.79 Å². The Morgan fingerprint density at radius 3 is 2.56 bits per heavy atom. The average molecular weight is 315 g/mol. The largest absolute Gasteiger partial charge is 0.480 e. The average Bonchev–Trinajstić information content (AvgIpc) is 2.28. The molecule has 98 valence electrons. The predicted octanol–water partition coefficient (Wildman–Crippen LogP) is 2.21. The van der Waals surface area contributed by atoms with E-state index in [9.17, 15) is 14.7 Å². The first-order chi connectivity index (χ1) is 8.30. The second-order valence-corrected chi connectivity index (χ2v) is 5.09. The van der Waals surface area contributed by atoms with E-state index in [0.717, 1.165) is 4.47 Å². The first-order valence-electron chi connectivity index (χ1n) is 5.41. The van der Waals surface area contributed by atoms with Crippen LogP contribution in [-0.4, -0.2) is 22.5 Å². The highest BCUT2D eigenvalue weighted by atomic mass is 79.9. The van der Waals surface area contributed by atoms with E-state index < -0.39 is 17.4 Å². The maximum atomic E-state index is 11.3. The molecule has 1 aromatic carbocycles. The van der Waals surface area contributed by atoms with Gasteiger partial charge in [-0.2, -0.15) is 0 Å². The Morgan fingerprint density at radius 1 is 1.50 bits per heavy atom. The van der Waals surface area contributed by atoms with E-state index in [1.807, 2.05) is 0 Å². The summed E-state index contributed by atoms with van der Waals surface area (Å²) in [6, 6.07) is 4.86. The monoisotopic (exact) mass is 314 g/mol. The summed E-state index contributed by atoms with van der Waals surface area (Å²) in [5.74, 6) is -1.59. The van der Waals surface area contributed by atoms with Crippen molar-refractivity contribution in [1.29, 1.82) is 0 Å². The summed E-state index contributed by atoms with van der Waals surface area (Å²) in [7, 11) is 0. The summed E-state index contributed by atoms with van der Waals surface area (Å²) in [6.07, 6.45) is 0.368. The molecule has 0 aliphatic heterocycles. The first kappa shape index (κ1) is 14.5. The van der Waals surface area contributed by atoms with Gasteiger partial charge in [-0.25, -0.2) is 4.79 Å². The van der Waals surface area contributed by atoms with Gasteiger partial charge in [-0.3, -0.25) is 4.79 Å². The van der Waals surface area contributed by atoms with Gasteiger partial charge in [0, 0.05) is 10.2 Å². The first-order valence-corrected chi connectivity index (χ1v) is 6.20. The highest BCUT2D eigenvalue weighted by Crippen LogP contribution is 2.26. The summed E-state index contributed by atoms with van der Waals surface area (Å²) in [6.45, 7) is 3.31. The number of benzene rings is 1. The second kappa shape index (κ2) is 5.39. The molecule has 18 heavy (non-hydrogen) atoms. The number of hydrogen-bond donors (Lipinski definition) is 3. The van der Waals surface area contributed by atoms with E-state index in [0.29, 0.717) is 12.1 Å². The lowest BCUT2D eigenvalue weighted by atomic mass is 9.98. The highest BCUT2D eigenvalue weighted by molar-refractivity contribution is 9.10. The lowest BCUT2D eigenvalue weighted by molar-refractivity contribution is -0.141. The van der Waals surface area contributed by atoms with Crippen molar-refractivity contribution in [2.24, 2.45) is 5.73 Å². The Balaban J connectivity index is 3.20. The van der Waals surface area contributed by atoms with Crippen LogP contribution < -0.4 is 11.1 Å². The van der Waals surface area contributed by atoms with Crippen LogP contribution in [0.1, 0.15) is 30.6 Å². The molecule has 0 radical (unpaired) electrons. The fourth-order valence-electron chi connectivity index (χ4n) is 1.43. The number of halogens is 1. The van der Waals surface area contributed by atoms with E-state index in [2.05, 4.69) is 21.2 Å². The maximum Gasteiger partial charge on any atom is 0.329 e. The van der Waals surface area contributed by atoms with Gasteiger partial charge < -0.3 is 16.2 Å². The van der Waals surface area contributed by atoms with Gasteiger partial charge in [-0.05, 0) is 31.5 Å². The number of carbonyl (C=O) groups excluding carboxylic acids is 1. The molecule has 0 saturated heterocycles.